The van der Waals surface area contributed by atoms with Crippen molar-refractivity contribution in [2.24, 2.45) is 5.16 Å². The first-order valence-corrected chi connectivity index (χ1v) is 15.8. The number of fused-ring (bicyclic) bond motifs is 1. The summed E-state index contributed by atoms with van der Waals surface area (Å²) in [5.41, 5.74) is 6.45. The number of nitrogens with one attached hydrogen (secondary N) is 1. The lowest BCUT2D eigenvalue weighted by molar-refractivity contribution is -0.169. The number of thioether (sulfide) groups is 1. The Balaban J connectivity index is 1.31. The highest BCUT2D eigenvalue weighted by atomic mass is 32.2. The van der Waals surface area contributed by atoms with Gasteiger partial charge in [-0.1, -0.05) is 29.8 Å². The largest absolute Gasteiger partial charge is 0.511 e. The van der Waals surface area contributed by atoms with Gasteiger partial charge in [0, 0.05) is 30.5 Å². The van der Waals surface area contributed by atoms with E-state index in [0.717, 1.165) is 49.0 Å². The van der Waals surface area contributed by atoms with E-state index in [2.05, 4.69) is 20.4 Å². The fraction of sp³-hybridized carbons (Fsp3) is 0.393. The molecule has 16 heteroatoms. The number of rotatable bonds is 9. The minimum atomic E-state index is -1.30. The molecule has 2 fully saturated rings. The second-order valence-corrected chi connectivity index (χ2v) is 12.1. The van der Waals surface area contributed by atoms with Gasteiger partial charge >= 0.3 is 12.1 Å². The third-order valence-corrected chi connectivity index (χ3v) is 9.05. The molecule has 4 heterocycles. The zero-order valence-corrected chi connectivity index (χ0v) is 25.2. The predicted octanol–water partition coefficient (Wildman–Crippen LogP) is 3.04. The van der Waals surface area contributed by atoms with Crippen LogP contribution in [-0.4, -0.2) is 79.3 Å². The van der Waals surface area contributed by atoms with E-state index in [1.54, 1.807) is 30.6 Å². The number of nitrogens with zero attached hydrogens (tertiary/aromatic N) is 4. The summed E-state index contributed by atoms with van der Waals surface area (Å²) in [6.07, 6.45) is 8.72. The molecule has 232 valence electrons. The van der Waals surface area contributed by atoms with Crippen molar-refractivity contribution in [1.82, 2.24) is 20.2 Å². The number of nitrogen functional groups attached to an aromatic ring is 1. The number of allylic oxidation sites excluding steroid dienone is 1. The summed E-state index contributed by atoms with van der Waals surface area (Å²) >= 11 is 2.37. The van der Waals surface area contributed by atoms with Crippen molar-refractivity contribution in [3.63, 3.8) is 0 Å². The Hall–Kier alpha value is -4.44. The lowest BCUT2D eigenvalue weighted by atomic mass is 9.98. The summed E-state index contributed by atoms with van der Waals surface area (Å²) in [6.45, 7) is 1.38. The summed E-state index contributed by atoms with van der Waals surface area (Å²) in [6, 6.07) is 2.55. The van der Waals surface area contributed by atoms with Gasteiger partial charge in [0.05, 0.1) is 0 Å². The van der Waals surface area contributed by atoms with Crippen LogP contribution in [0.3, 0.4) is 0 Å². The van der Waals surface area contributed by atoms with Crippen LogP contribution in [0.25, 0.3) is 6.08 Å². The van der Waals surface area contributed by atoms with Crippen LogP contribution in [-0.2, 0) is 28.6 Å². The van der Waals surface area contributed by atoms with Gasteiger partial charge in [0.25, 0.3) is 11.8 Å². The first-order valence-electron chi connectivity index (χ1n) is 13.8. The molecule has 3 aliphatic rings. The van der Waals surface area contributed by atoms with Crippen LogP contribution >= 0.6 is 23.1 Å². The van der Waals surface area contributed by atoms with Crippen molar-refractivity contribution < 1.29 is 38.6 Å². The monoisotopic (exact) mass is 642 g/mol. The van der Waals surface area contributed by atoms with E-state index in [0.29, 0.717) is 5.57 Å². The molecule has 2 aromatic heterocycles. The summed E-state index contributed by atoms with van der Waals surface area (Å²) in [7, 11) is 0. The number of ether oxygens (including phenoxy) is 3. The normalized spacial score (nSPS) is 21.3. The maximum Gasteiger partial charge on any atom is 0.511 e. The lowest BCUT2D eigenvalue weighted by Crippen LogP contribution is -2.71. The van der Waals surface area contributed by atoms with Crippen molar-refractivity contribution in [2.45, 2.75) is 62.8 Å². The molecule has 1 saturated carbocycles. The lowest BCUT2D eigenvalue weighted by Gasteiger charge is -2.49. The molecule has 2 amide bonds. The molecule has 0 radical (unpaired) electrons. The van der Waals surface area contributed by atoms with Crippen molar-refractivity contribution in [3.05, 3.63) is 58.5 Å². The molecule has 3 atom stereocenters. The fourth-order valence-electron chi connectivity index (χ4n) is 4.96. The molecule has 5 rings (SSSR count). The van der Waals surface area contributed by atoms with Crippen molar-refractivity contribution >= 4 is 64.0 Å². The Morgan fingerprint density at radius 3 is 2.70 bits per heavy atom. The van der Waals surface area contributed by atoms with Crippen LogP contribution in [0, 0.1) is 0 Å². The smallest absolute Gasteiger partial charge is 0.431 e. The Morgan fingerprint density at radius 1 is 1.23 bits per heavy atom. The first kappa shape index (κ1) is 31.0. The number of amides is 2. The number of hydrogen-bond acceptors (Lipinski definition) is 14. The molecule has 0 bridgehead atoms. The number of esters is 1. The molecule has 14 nitrogen and oxygen atoms in total. The third kappa shape index (κ3) is 7.02. The standard InChI is InChI=1S/C28H30N6O8S2/c1-15(41-28(38)42-18-7-3-2-4-8-18)40-26(37)22-17(10-9-16-6-5-11-30-12-16)13-43-25-21(24(36)34(22)25)32-23(35)20(33-39)19-14-44-27(29)31-19/h5-6,9-12,14-15,18,21,25,39H,2-4,7-8,13H2,1H3,(H2,29,31)(H,32,35)/b10-9+,33-20?/t15?,21-,25-/m1/s1. The number of oxime groups is 1. The zero-order valence-electron chi connectivity index (χ0n) is 23.6. The SMILES string of the molecule is CC(OC(=O)OC1CCCCC1)OC(=O)C1=C(/C=C/c2cccnc2)CS[C@@H]2[C@H](NC(=O)C(=NO)c3csc(N)n3)C(=O)N12. The predicted molar refractivity (Wildman–Crippen MR) is 160 cm³/mol. The third-order valence-electron chi connectivity index (χ3n) is 7.07. The van der Waals surface area contributed by atoms with Crippen LogP contribution in [0.15, 0.2) is 52.4 Å². The van der Waals surface area contributed by atoms with Crippen LogP contribution in [0.5, 0.6) is 0 Å². The van der Waals surface area contributed by atoms with Gasteiger partial charge < -0.3 is 30.5 Å². The van der Waals surface area contributed by atoms with E-state index in [9.17, 15) is 24.4 Å². The van der Waals surface area contributed by atoms with Gasteiger partial charge in [-0.3, -0.25) is 19.5 Å². The number of β-lactam (4-membered cyclic amide) rings is 1. The maximum atomic E-state index is 13.5. The van der Waals surface area contributed by atoms with E-state index < -0.39 is 47.4 Å². The Morgan fingerprint density at radius 2 is 2.02 bits per heavy atom. The first-order chi connectivity index (χ1) is 21.2. The van der Waals surface area contributed by atoms with Gasteiger partial charge in [0.2, 0.25) is 6.29 Å². The molecular formula is C28H30N6O8S2. The molecule has 1 unspecified atom stereocenters. The number of thiazole rings is 1. The minimum absolute atomic E-state index is 0.0513. The van der Waals surface area contributed by atoms with Gasteiger partial charge in [-0.05, 0) is 42.9 Å². The Bertz CT molecular complexity index is 1500. The Labute approximate surface area is 260 Å². The number of hydrogen-bond donors (Lipinski definition) is 3. The van der Waals surface area contributed by atoms with E-state index in [1.165, 1.54) is 29.0 Å². The van der Waals surface area contributed by atoms with E-state index >= 15 is 0 Å². The summed E-state index contributed by atoms with van der Waals surface area (Å²) in [4.78, 5) is 61.3. The highest BCUT2D eigenvalue weighted by Gasteiger charge is 2.54. The highest BCUT2D eigenvalue weighted by Crippen LogP contribution is 2.41. The van der Waals surface area contributed by atoms with Crippen LogP contribution in [0.4, 0.5) is 9.93 Å². The quantitative estimate of drug-likeness (QED) is 0.0905. The molecule has 44 heavy (non-hydrogen) atoms. The van der Waals surface area contributed by atoms with E-state index in [4.69, 9.17) is 19.9 Å². The van der Waals surface area contributed by atoms with Crippen molar-refractivity contribution in [3.8, 4) is 0 Å². The number of nitrogens with two attached hydrogens (primary N) is 1. The zero-order chi connectivity index (χ0) is 31.2. The molecule has 1 saturated heterocycles. The second-order valence-electron chi connectivity index (χ2n) is 10.1. The molecule has 2 aromatic rings. The molecular weight excluding hydrogens is 612 g/mol. The molecule has 4 N–H and O–H groups in total. The van der Waals surface area contributed by atoms with Crippen LogP contribution in [0.2, 0.25) is 0 Å². The Kier molecular flexibility index (Phi) is 9.79. The average Bonchev–Trinajstić information content (AvgIpc) is 3.44. The second kappa shape index (κ2) is 13.9. The number of carbonyl (C=O) groups excluding carboxylic acids is 4. The van der Waals surface area contributed by atoms with Crippen LogP contribution in [0.1, 0.15) is 50.3 Å². The average molecular weight is 643 g/mol. The van der Waals surface area contributed by atoms with Gasteiger partial charge in [0.15, 0.2) is 10.8 Å². The summed E-state index contributed by atoms with van der Waals surface area (Å²) in [5, 5.41) is 16.0. The van der Waals surface area contributed by atoms with E-state index in [-0.39, 0.29) is 28.4 Å². The molecule has 0 aromatic carbocycles. The van der Waals surface area contributed by atoms with Gasteiger partial charge in [-0.15, -0.1) is 23.1 Å². The summed E-state index contributed by atoms with van der Waals surface area (Å²) < 4.78 is 16.0. The maximum absolute atomic E-state index is 13.5. The molecule has 2 aliphatic heterocycles. The number of pyridine rings is 1. The van der Waals surface area contributed by atoms with E-state index in [1.807, 2.05) is 6.07 Å². The van der Waals surface area contributed by atoms with Crippen molar-refractivity contribution in [1.29, 1.82) is 0 Å². The summed E-state index contributed by atoms with van der Waals surface area (Å²) in [5.74, 6) is -2.04. The highest BCUT2D eigenvalue weighted by molar-refractivity contribution is 8.00. The molecule has 1 aliphatic carbocycles. The minimum Gasteiger partial charge on any atom is -0.431 e. The number of carbonyl (C=O) groups is 4. The van der Waals surface area contributed by atoms with Gasteiger partial charge in [-0.25, -0.2) is 14.6 Å². The fourth-order valence-corrected chi connectivity index (χ4v) is 6.83. The van der Waals surface area contributed by atoms with Crippen molar-refractivity contribution in [2.75, 3.05) is 11.5 Å². The topological polar surface area (TPSA) is 196 Å². The number of aromatic nitrogens is 2. The van der Waals surface area contributed by atoms with Gasteiger partial charge in [0.1, 0.15) is 28.9 Å². The number of anilines is 1. The molecule has 0 spiro atoms. The van der Waals surface area contributed by atoms with Gasteiger partial charge in [-0.2, -0.15) is 0 Å². The van der Waals surface area contributed by atoms with Crippen LogP contribution < -0.4 is 11.1 Å².